The summed E-state index contributed by atoms with van der Waals surface area (Å²) < 4.78 is 0. The van der Waals surface area contributed by atoms with Gasteiger partial charge in [0.05, 0.1) is 23.0 Å². The van der Waals surface area contributed by atoms with Crippen molar-refractivity contribution in [3.05, 3.63) is 101 Å². The summed E-state index contributed by atoms with van der Waals surface area (Å²) in [5.74, 6) is -0.272. The number of carbonyl (C=O) groups is 1. The number of hydrogen-bond acceptors (Lipinski definition) is 3. The van der Waals surface area contributed by atoms with Crippen molar-refractivity contribution in [2.45, 2.75) is 13.8 Å². The number of rotatable bonds is 4. The molecule has 0 radical (unpaired) electrons. The standard InChI is InChI=1S/C27H22N4O/c1-17-12-13-25-21(14-17)23(18(2)29-25)16-28-31-27(32)22-15-26(19-8-4-3-5-9-19)30-24-11-7-6-10-20(22)24/h3-16,29H,1-2H3,(H,31,32)/b28-16+. The van der Waals surface area contributed by atoms with Gasteiger partial charge in [-0.15, -0.1) is 0 Å². The average Bonchev–Trinajstić information content (AvgIpc) is 3.13. The minimum atomic E-state index is -0.272. The van der Waals surface area contributed by atoms with Crippen LogP contribution in [0.5, 0.6) is 0 Å². The Bertz CT molecular complexity index is 1480. The number of amides is 1. The SMILES string of the molecule is Cc1ccc2[nH]c(C)c(/C=N/NC(=O)c3cc(-c4ccccc4)nc4ccccc34)c2c1. The van der Waals surface area contributed by atoms with Crippen LogP contribution in [0.25, 0.3) is 33.1 Å². The van der Waals surface area contributed by atoms with E-state index >= 15 is 0 Å². The van der Waals surface area contributed by atoms with Gasteiger partial charge in [-0.05, 0) is 38.1 Å². The number of nitrogens with one attached hydrogen (secondary N) is 2. The minimum Gasteiger partial charge on any atom is -0.358 e. The van der Waals surface area contributed by atoms with Crippen molar-refractivity contribution in [3.8, 4) is 11.3 Å². The topological polar surface area (TPSA) is 70.1 Å². The van der Waals surface area contributed by atoms with Crippen LogP contribution < -0.4 is 5.43 Å². The Morgan fingerprint density at radius 1 is 0.938 bits per heavy atom. The maximum absolute atomic E-state index is 13.1. The van der Waals surface area contributed by atoms with Crippen molar-refractivity contribution in [1.82, 2.24) is 15.4 Å². The van der Waals surface area contributed by atoms with Gasteiger partial charge in [-0.2, -0.15) is 5.10 Å². The van der Waals surface area contributed by atoms with Crippen LogP contribution in [0.3, 0.4) is 0 Å². The van der Waals surface area contributed by atoms with Crippen molar-refractivity contribution in [2.75, 3.05) is 0 Å². The van der Waals surface area contributed by atoms with Gasteiger partial charge in [-0.3, -0.25) is 4.79 Å². The second kappa shape index (κ2) is 8.12. The lowest BCUT2D eigenvalue weighted by molar-refractivity contribution is 0.0956. The van der Waals surface area contributed by atoms with Crippen molar-refractivity contribution >= 4 is 33.9 Å². The van der Waals surface area contributed by atoms with Gasteiger partial charge in [-0.1, -0.05) is 60.2 Å². The quantitative estimate of drug-likeness (QED) is 0.288. The van der Waals surface area contributed by atoms with Crippen molar-refractivity contribution in [2.24, 2.45) is 5.10 Å². The number of nitrogens with zero attached hydrogens (tertiary/aromatic N) is 2. The second-order valence-corrected chi connectivity index (χ2v) is 7.85. The van der Waals surface area contributed by atoms with Gasteiger partial charge in [0.1, 0.15) is 0 Å². The summed E-state index contributed by atoms with van der Waals surface area (Å²) in [5, 5.41) is 6.15. The predicted octanol–water partition coefficient (Wildman–Crippen LogP) is 5.76. The Morgan fingerprint density at radius 3 is 2.56 bits per heavy atom. The van der Waals surface area contributed by atoms with E-state index in [2.05, 4.69) is 40.6 Å². The lowest BCUT2D eigenvalue weighted by Gasteiger charge is -2.09. The molecule has 0 saturated heterocycles. The highest BCUT2D eigenvalue weighted by Gasteiger charge is 2.14. The Labute approximate surface area is 185 Å². The van der Waals surface area contributed by atoms with Crippen LogP contribution in [-0.2, 0) is 0 Å². The zero-order valence-corrected chi connectivity index (χ0v) is 17.9. The number of aromatic amines is 1. The Kier molecular flexibility index (Phi) is 5.00. The zero-order valence-electron chi connectivity index (χ0n) is 17.9. The minimum absolute atomic E-state index is 0.272. The molecule has 0 bridgehead atoms. The lowest BCUT2D eigenvalue weighted by atomic mass is 10.0. The summed E-state index contributed by atoms with van der Waals surface area (Å²) in [6.07, 6.45) is 1.70. The van der Waals surface area contributed by atoms with Gasteiger partial charge in [0.25, 0.3) is 5.91 Å². The number of carbonyl (C=O) groups excluding carboxylic acids is 1. The van der Waals surface area contributed by atoms with E-state index in [0.29, 0.717) is 5.56 Å². The molecule has 0 unspecified atom stereocenters. The fraction of sp³-hybridized carbons (Fsp3) is 0.0741. The fourth-order valence-corrected chi connectivity index (χ4v) is 3.96. The van der Waals surface area contributed by atoms with Gasteiger partial charge in [0, 0.05) is 33.1 Å². The molecule has 2 aromatic heterocycles. The first kappa shape index (κ1) is 19.7. The molecule has 5 nitrogen and oxygen atoms in total. The van der Waals surface area contributed by atoms with E-state index in [9.17, 15) is 4.79 Å². The molecular weight excluding hydrogens is 396 g/mol. The molecule has 0 saturated carbocycles. The number of aromatic nitrogens is 2. The zero-order chi connectivity index (χ0) is 22.1. The van der Waals surface area contributed by atoms with Crippen LogP contribution >= 0.6 is 0 Å². The average molecular weight is 419 g/mol. The van der Waals surface area contributed by atoms with Gasteiger partial charge in [0.2, 0.25) is 0 Å². The number of pyridine rings is 1. The molecule has 1 amide bonds. The summed E-state index contributed by atoms with van der Waals surface area (Å²) in [7, 11) is 0. The highest BCUT2D eigenvalue weighted by atomic mass is 16.2. The summed E-state index contributed by atoms with van der Waals surface area (Å²) in [6.45, 7) is 4.06. The van der Waals surface area contributed by atoms with Gasteiger partial charge in [-0.25, -0.2) is 10.4 Å². The molecule has 2 N–H and O–H groups in total. The maximum atomic E-state index is 13.1. The van der Waals surface area contributed by atoms with Gasteiger partial charge >= 0.3 is 0 Å². The Hall–Kier alpha value is -4.25. The van der Waals surface area contributed by atoms with E-state index in [1.807, 2.05) is 67.6 Å². The van der Waals surface area contributed by atoms with Crippen LogP contribution in [-0.4, -0.2) is 22.1 Å². The van der Waals surface area contributed by atoms with E-state index in [1.54, 1.807) is 6.21 Å². The molecule has 156 valence electrons. The molecule has 0 fully saturated rings. The molecule has 5 heteroatoms. The van der Waals surface area contributed by atoms with E-state index < -0.39 is 0 Å². The number of hydrazone groups is 1. The Balaban J connectivity index is 1.49. The number of para-hydroxylation sites is 1. The number of aryl methyl sites for hydroxylation is 2. The molecular formula is C27H22N4O. The third-order valence-electron chi connectivity index (χ3n) is 5.58. The van der Waals surface area contributed by atoms with E-state index in [1.165, 1.54) is 5.56 Å². The largest absolute Gasteiger partial charge is 0.358 e. The van der Waals surface area contributed by atoms with E-state index in [4.69, 9.17) is 4.98 Å². The molecule has 5 rings (SSSR count). The van der Waals surface area contributed by atoms with Crippen LogP contribution in [0, 0.1) is 13.8 Å². The second-order valence-electron chi connectivity index (χ2n) is 7.85. The molecule has 0 aliphatic heterocycles. The van der Waals surface area contributed by atoms with Crippen LogP contribution in [0.4, 0.5) is 0 Å². The highest BCUT2D eigenvalue weighted by Crippen LogP contribution is 2.25. The molecule has 0 spiro atoms. The summed E-state index contributed by atoms with van der Waals surface area (Å²) in [4.78, 5) is 21.2. The number of fused-ring (bicyclic) bond motifs is 2. The van der Waals surface area contributed by atoms with Gasteiger partial charge in [0.15, 0.2) is 0 Å². The predicted molar refractivity (Wildman–Crippen MR) is 130 cm³/mol. The molecule has 0 aliphatic carbocycles. The summed E-state index contributed by atoms with van der Waals surface area (Å²) >= 11 is 0. The first-order valence-corrected chi connectivity index (χ1v) is 10.5. The van der Waals surface area contributed by atoms with Crippen LogP contribution in [0.15, 0.2) is 84.0 Å². The van der Waals surface area contributed by atoms with Gasteiger partial charge < -0.3 is 4.98 Å². The fourth-order valence-electron chi connectivity index (χ4n) is 3.96. The normalized spacial score (nSPS) is 11.4. The smallest absolute Gasteiger partial charge is 0.272 e. The molecule has 32 heavy (non-hydrogen) atoms. The monoisotopic (exact) mass is 418 g/mol. The number of benzene rings is 3. The molecule has 0 atom stereocenters. The van der Waals surface area contributed by atoms with Crippen LogP contribution in [0.2, 0.25) is 0 Å². The third-order valence-corrected chi connectivity index (χ3v) is 5.58. The van der Waals surface area contributed by atoms with Crippen molar-refractivity contribution < 1.29 is 4.79 Å². The first-order valence-electron chi connectivity index (χ1n) is 10.5. The number of hydrogen-bond donors (Lipinski definition) is 2. The number of H-pyrrole nitrogens is 1. The van der Waals surface area contributed by atoms with Crippen molar-refractivity contribution in [3.63, 3.8) is 0 Å². The molecule has 0 aliphatic rings. The molecule has 3 aromatic carbocycles. The molecule has 2 heterocycles. The maximum Gasteiger partial charge on any atom is 0.272 e. The highest BCUT2D eigenvalue weighted by molar-refractivity contribution is 6.08. The van der Waals surface area contributed by atoms with Crippen LogP contribution in [0.1, 0.15) is 27.2 Å². The molecule has 5 aromatic rings. The first-order chi connectivity index (χ1) is 15.6. The van der Waals surface area contributed by atoms with E-state index in [0.717, 1.165) is 44.3 Å². The third kappa shape index (κ3) is 3.65. The summed E-state index contributed by atoms with van der Waals surface area (Å²) in [6, 6.07) is 25.6. The summed E-state index contributed by atoms with van der Waals surface area (Å²) in [5.41, 5.74) is 9.92. The Morgan fingerprint density at radius 2 is 1.72 bits per heavy atom. The van der Waals surface area contributed by atoms with Crippen molar-refractivity contribution in [1.29, 1.82) is 0 Å². The lowest BCUT2D eigenvalue weighted by Crippen LogP contribution is -2.18. The van der Waals surface area contributed by atoms with E-state index in [-0.39, 0.29) is 5.91 Å².